The molecule has 0 aliphatic carbocycles. The van der Waals surface area contributed by atoms with E-state index in [0.29, 0.717) is 24.2 Å². The molecule has 0 saturated carbocycles. The van der Waals surface area contributed by atoms with Gasteiger partial charge in [0.15, 0.2) is 0 Å². The number of carboxylic acid groups (broad SMARTS) is 1. The number of carbonyl (C=O) groups excluding carboxylic acids is 1. The second kappa shape index (κ2) is 4.41. The van der Waals surface area contributed by atoms with Crippen LogP contribution in [0.15, 0.2) is 18.2 Å². The minimum absolute atomic E-state index is 0.0538. The van der Waals surface area contributed by atoms with Gasteiger partial charge in [0, 0.05) is 5.56 Å². The molecule has 0 unspecified atom stereocenters. The van der Waals surface area contributed by atoms with E-state index in [-0.39, 0.29) is 5.56 Å². The van der Waals surface area contributed by atoms with Crippen molar-refractivity contribution in [3.63, 3.8) is 0 Å². The maximum absolute atomic E-state index is 10.7. The van der Waals surface area contributed by atoms with Crippen LogP contribution >= 0.6 is 0 Å². The predicted octanol–water partition coefficient (Wildman–Crippen LogP) is 1.60. The number of ether oxygens (including phenoxy) is 1. The molecule has 1 aromatic rings. The van der Waals surface area contributed by atoms with Crippen molar-refractivity contribution in [1.82, 2.24) is 0 Å². The van der Waals surface area contributed by atoms with Crippen molar-refractivity contribution in [3.05, 3.63) is 29.3 Å². The molecule has 0 atom stereocenters. The van der Waals surface area contributed by atoms with Gasteiger partial charge in [-0.25, -0.2) is 4.79 Å². The Labute approximate surface area is 81.1 Å². The van der Waals surface area contributed by atoms with Crippen LogP contribution in [-0.4, -0.2) is 24.0 Å². The molecular formula is C10H10O4. The minimum atomic E-state index is -1.07. The number of aromatic carboxylic acids is 1. The maximum atomic E-state index is 10.7. The molecule has 0 heterocycles. The number of rotatable bonds is 4. The van der Waals surface area contributed by atoms with E-state index in [1.54, 1.807) is 6.92 Å². The standard InChI is InChI=1S/C10H10O4/c1-2-14-9-4-7(6-11)3-8(5-9)10(12)13/h3-6H,2H2,1H3,(H,12,13). The topological polar surface area (TPSA) is 63.6 Å². The van der Waals surface area contributed by atoms with Crippen molar-refractivity contribution >= 4 is 12.3 Å². The van der Waals surface area contributed by atoms with Gasteiger partial charge in [0.25, 0.3) is 0 Å². The van der Waals surface area contributed by atoms with E-state index in [1.807, 2.05) is 0 Å². The van der Waals surface area contributed by atoms with Crippen LogP contribution in [0, 0.1) is 0 Å². The Morgan fingerprint density at radius 2 is 2.21 bits per heavy atom. The monoisotopic (exact) mass is 194 g/mol. The number of hydrogen-bond acceptors (Lipinski definition) is 3. The highest BCUT2D eigenvalue weighted by Crippen LogP contribution is 2.16. The molecule has 1 rings (SSSR count). The quantitative estimate of drug-likeness (QED) is 0.739. The summed E-state index contributed by atoms with van der Waals surface area (Å²) in [5, 5.41) is 8.73. The van der Waals surface area contributed by atoms with E-state index in [4.69, 9.17) is 9.84 Å². The zero-order chi connectivity index (χ0) is 10.6. The highest BCUT2D eigenvalue weighted by Gasteiger charge is 2.06. The van der Waals surface area contributed by atoms with Crippen molar-refractivity contribution < 1.29 is 19.4 Å². The second-order valence-electron chi connectivity index (χ2n) is 2.65. The number of benzene rings is 1. The van der Waals surface area contributed by atoms with Crippen molar-refractivity contribution in [2.75, 3.05) is 6.61 Å². The SMILES string of the molecule is CCOc1cc(C=O)cc(C(=O)O)c1. The summed E-state index contributed by atoms with van der Waals surface area (Å²) in [5.74, 6) is -0.677. The lowest BCUT2D eigenvalue weighted by Crippen LogP contribution is -2.00. The van der Waals surface area contributed by atoms with Crippen LogP contribution in [0.4, 0.5) is 0 Å². The summed E-state index contributed by atoms with van der Waals surface area (Å²) in [5.41, 5.74) is 0.353. The van der Waals surface area contributed by atoms with Gasteiger partial charge in [0.1, 0.15) is 12.0 Å². The molecule has 0 radical (unpaired) electrons. The first-order chi connectivity index (χ1) is 6.67. The first-order valence-corrected chi connectivity index (χ1v) is 4.13. The van der Waals surface area contributed by atoms with Crippen LogP contribution in [0.5, 0.6) is 5.75 Å². The Morgan fingerprint density at radius 1 is 1.50 bits per heavy atom. The van der Waals surface area contributed by atoms with Crippen molar-refractivity contribution in [1.29, 1.82) is 0 Å². The predicted molar refractivity (Wildman–Crippen MR) is 50.0 cm³/mol. The number of carboxylic acids is 1. The van der Waals surface area contributed by atoms with Gasteiger partial charge < -0.3 is 9.84 Å². The first kappa shape index (κ1) is 10.2. The molecule has 0 fully saturated rings. The highest BCUT2D eigenvalue weighted by atomic mass is 16.5. The molecular weight excluding hydrogens is 184 g/mol. The van der Waals surface area contributed by atoms with Crippen LogP contribution in [0.1, 0.15) is 27.6 Å². The Balaban J connectivity index is 3.12. The maximum Gasteiger partial charge on any atom is 0.335 e. The molecule has 4 nitrogen and oxygen atoms in total. The molecule has 0 saturated heterocycles. The highest BCUT2D eigenvalue weighted by molar-refractivity contribution is 5.90. The fourth-order valence-electron chi connectivity index (χ4n) is 1.06. The molecule has 1 aromatic carbocycles. The average molecular weight is 194 g/mol. The summed E-state index contributed by atoms with van der Waals surface area (Å²) in [6.45, 7) is 2.22. The zero-order valence-electron chi connectivity index (χ0n) is 7.69. The molecule has 0 spiro atoms. The van der Waals surface area contributed by atoms with Crippen molar-refractivity contribution in [3.8, 4) is 5.75 Å². The minimum Gasteiger partial charge on any atom is -0.494 e. The zero-order valence-corrected chi connectivity index (χ0v) is 7.69. The lowest BCUT2D eigenvalue weighted by Gasteiger charge is -2.04. The van der Waals surface area contributed by atoms with Crippen molar-refractivity contribution in [2.45, 2.75) is 6.92 Å². The van der Waals surface area contributed by atoms with E-state index >= 15 is 0 Å². The second-order valence-corrected chi connectivity index (χ2v) is 2.65. The third kappa shape index (κ3) is 2.32. The third-order valence-electron chi connectivity index (χ3n) is 1.62. The Kier molecular flexibility index (Phi) is 3.23. The van der Waals surface area contributed by atoms with Crippen LogP contribution in [0.3, 0.4) is 0 Å². The van der Waals surface area contributed by atoms with Gasteiger partial charge in [-0.15, -0.1) is 0 Å². The fraction of sp³-hybridized carbons (Fsp3) is 0.200. The summed E-state index contributed by atoms with van der Waals surface area (Å²) < 4.78 is 5.12. The lowest BCUT2D eigenvalue weighted by molar-refractivity contribution is 0.0696. The summed E-state index contributed by atoms with van der Waals surface area (Å²) in [6, 6.07) is 4.19. The Morgan fingerprint density at radius 3 is 2.71 bits per heavy atom. The summed E-state index contributed by atoms with van der Waals surface area (Å²) in [4.78, 5) is 21.1. The van der Waals surface area contributed by atoms with E-state index in [9.17, 15) is 9.59 Å². The molecule has 14 heavy (non-hydrogen) atoms. The number of carbonyl (C=O) groups is 2. The van der Waals surface area contributed by atoms with Crippen molar-refractivity contribution in [2.24, 2.45) is 0 Å². The molecule has 0 amide bonds. The number of aldehydes is 1. The Hall–Kier alpha value is -1.84. The third-order valence-corrected chi connectivity index (χ3v) is 1.62. The fourth-order valence-corrected chi connectivity index (χ4v) is 1.06. The van der Waals surface area contributed by atoms with Crippen LogP contribution in [-0.2, 0) is 0 Å². The molecule has 0 aliphatic heterocycles. The smallest absolute Gasteiger partial charge is 0.335 e. The largest absolute Gasteiger partial charge is 0.494 e. The van der Waals surface area contributed by atoms with Gasteiger partial charge in [-0.2, -0.15) is 0 Å². The molecule has 74 valence electrons. The van der Waals surface area contributed by atoms with E-state index < -0.39 is 5.97 Å². The van der Waals surface area contributed by atoms with Gasteiger partial charge in [0.2, 0.25) is 0 Å². The molecule has 0 aliphatic rings. The molecule has 1 N–H and O–H groups in total. The van der Waals surface area contributed by atoms with Gasteiger partial charge in [-0.05, 0) is 25.1 Å². The average Bonchev–Trinajstić information content (AvgIpc) is 2.17. The van der Waals surface area contributed by atoms with Gasteiger partial charge in [0.05, 0.1) is 12.2 Å². The van der Waals surface area contributed by atoms with Gasteiger partial charge >= 0.3 is 5.97 Å². The summed E-state index contributed by atoms with van der Waals surface area (Å²) in [6.07, 6.45) is 0.592. The van der Waals surface area contributed by atoms with Crippen LogP contribution in [0.25, 0.3) is 0 Å². The normalized spacial score (nSPS) is 9.50. The molecule has 0 aromatic heterocycles. The van der Waals surface area contributed by atoms with E-state index in [2.05, 4.69) is 0 Å². The first-order valence-electron chi connectivity index (χ1n) is 4.13. The van der Waals surface area contributed by atoms with E-state index in [1.165, 1.54) is 18.2 Å². The molecule has 4 heteroatoms. The Bertz CT molecular complexity index is 357. The molecule has 0 bridgehead atoms. The van der Waals surface area contributed by atoms with Crippen LogP contribution in [0.2, 0.25) is 0 Å². The van der Waals surface area contributed by atoms with Crippen LogP contribution < -0.4 is 4.74 Å². The van der Waals surface area contributed by atoms with Gasteiger partial charge in [-0.1, -0.05) is 0 Å². The lowest BCUT2D eigenvalue weighted by atomic mass is 10.1. The van der Waals surface area contributed by atoms with E-state index in [0.717, 1.165) is 0 Å². The number of hydrogen-bond donors (Lipinski definition) is 1. The summed E-state index contributed by atoms with van der Waals surface area (Å²) in [7, 11) is 0. The van der Waals surface area contributed by atoms with Gasteiger partial charge in [-0.3, -0.25) is 4.79 Å². The summed E-state index contributed by atoms with van der Waals surface area (Å²) >= 11 is 0.